The number of hydrogen-bond acceptors (Lipinski definition) is 7. The van der Waals surface area contributed by atoms with Crippen molar-refractivity contribution in [3.63, 3.8) is 0 Å². The summed E-state index contributed by atoms with van der Waals surface area (Å²) in [4.78, 5) is 38.5. The molecule has 8 nitrogen and oxygen atoms in total. The van der Waals surface area contributed by atoms with E-state index >= 15 is 0 Å². The number of allylic oxidation sites excluding steroid dienone is 1. The van der Waals surface area contributed by atoms with Crippen LogP contribution in [0.3, 0.4) is 0 Å². The second-order valence-corrected chi connectivity index (χ2v) is 6.63. The van der Waals surface area contributed by atoms with E-state index in [0.29, 0.717) is 32.5 Å². The molecule has 28 heavy (non-hydrogen) atoms. The Labute approximate surface area is 165 Å². The van der Waals surface area contributed by atoms with Crippen molar-refractivity contribution >= 4 is 25.1 Å². The Hall–Kier alpha value is -2.71. The van der Waals surface area contributed by atoms with Crippen LogP contribution in [-0.2, 0) is 19.0 Å². The van der Waals surface area contributed by atoms with Crippen molar-refractivity contribution in [2.75, 3.05) is 13.2 Å². The Morgan fingerprint density at radius 1 is 1.46 bits per heavy atom. The Bertz CT molecular complexity index is 751. The zero-order valence-electron chi connectivity index (χ0n) is 16.4. The van der Waals surface area contributed by atoms with Crippen molar-refractivity contribution in [1.29, 1.82) is 0 Å². The van der Waals surface area contributed by atoms with E-state index < -0.39 is 6.04 Å². The van der Waals surface area contributed by atoms with Crippen LogP contribution in [0.15, 0.2) is 29.5 Å². The molecule has 0 unspecified atom stereocenters. The van der Waals surface area contributed by atoms with Gasteiger partial charge in [-0.25, -0.2) is 0 Å². The van der Waals surface area contributed by atoms with Crippen molar-refractivity contribution in [3.8, 4) is 0 Å². The maximum absolute atomic E-state index is 12.4. The zero-order chi connectivity index (χ0) is 20.5. The second kappa shape index (κ2) is 10.6. The van der Waals surface area contributed by atoms with E-state index in [1.54, 1.807) is 31.1 Å². The summed E-state index contributed by atoms with van der Waals surface area (Å²) in [7, 11) is 0.574. The van der Waals surface area contributed by atoms with E-state index in [0.717, 1.165) is 11.7 Å². The first kappa shape index (κ1) is 21.6. The molecule has 1 aliphatic heterocycles. The van der Waals surface area contributed by atoms with E-state index in [1.165, 1.54) is 0 Å². The molecule has 0 aliphatic carbocycles. The number of nitrogens with zero attached hydrogens (tertiary/aromatic N) is 4. The van der Waals surface area contributed by atoms with Gasteiger partial charge in [-0.15, -0.1) is 0 Å². The van der Waals surface area contributed by atoms with Crippen LogP contribution in [0.5, 0.6) is 0 Å². The molecule has 1 fully saturated rings. The molecule has 3 atom stereocenters. The number of ether oxygens (including phenoxy) is 1. The third-order valence-corrected chi connectivity index (χ3v) is 4.58. The first-order chi connectivity index (χ1) is 13.5. The van der Waals surface area contributed by atoms with Crippen LogP contribution in [-0.4, -0.2) is 65.2 Å². The molecule has 9 heteroatoms. The molecule has 1 saturated heterocycles. The minimum atomic E-state index is -0.505. The molecule has 1 aliphatic rings. The molecule has 2 rings (SSSR count). The second-order valence-electron chi connectivity index (χ2n) is 6.63. The third-order valence-electron chi connectivity index (χ3n) is 4.58. The monoisotopic (exact) mass is 384 g/mol. The molecule has 0 spiro atoms. The van der Waals surface area contributed by atoms with Gasteiger partial charge in [0.1, 0.15) is 5.82 Å². The molecule has 0 radical (unpaired) electrons. The van der Waals surface area contributed by atoms with E-state index in [1.807, 2.05) is 19.1 Å². The van der Waals surface area contributed by atoms with Crippen LogP contribution in [0.2, 0.25) is 0 Å². The first-order valence-corrected chi connectivity index (χ1v) is 9.34. The quantitative estimate of drug-likeness (QED) is 0.276. The molecule has 1 amide bonds. The standard InChI is InChI=1S/C19H25BN4O4/c1-4-28-18(25)9-15(16-10-21-14(3)22-11-16)6-5-7-24-13(2)8-17(19(24)26)23-12-20-27/h5-6,10-13,15,17H,4,7-9H2,1-3H3/b6-5+,23-12?/t13-,15+,17+/m1/s1. The van der Waals surface area contributed by atoms with Gasteiger partial charge in [-0.1, -0.05) is 0 Å². The number of aryl methyl sites for hydroxylation is 1. The normalized spacial score (nSPS) is 20.7. The van der Waals surface area contributed by atoms with E-state index in [9.17, 15) is 14.3 Å². The zero-order valence-corrected chi connectivity index (χ0v) is 16.4. The summed E-state index contributed by atoms with van der Waals surface area (Å²) in [6, 6.07) is -0.480. The number of amides is 1. The summed E-state index contributed by atoms with van der Waals surface area (Å²) in [6.07, 6.45) is 9.02. The number of rotatable bonds is 9. The SMILES string of the molecule is CCOC(=O)C[C@H](/C=C/CN1C(=O)[C@@H](N=CB=O)C[C@H]1C)c1cnc(C)nc1. The van der Waals surface area contributed by atoms with Crippen LogP contribution in [0.1, 0.15) is 44.0 Å². The molecule has 0 saturated carbocycles. The number of aromatic nitrogens is 2. The molecule has 0 aromatic carbocycles. The van der Waals surface area contributed by atoms with Crippen LogP contribution in [0.4, 0.5) is 0 Å². The number of carbonyl (C=O) groups is 2. The van der Waals surface area contributed by atoms with Crippen molar-refractivity contribution < 1.29 is 19.0 Å². The van der Waals surface area contributed by atoms with Crippen LogP contribution < -0.4 is 0 Å². The Kier molecular flexibility index (Phi) is 8.16. The van der Waals surface area contributed by atoms with E-state index in [2.05, 4.69) is 15.0 Å². The van der Waals surface area contributed by atoms with E-state index in [4.69, 9.17) is 4.74 Å². The fourth-order valence-corrected chi connectivity index (χ4v) is 3.12. The van der Waals surface area contributed by atoms with Gasteiger partial charge in [-0.3, -0.25) is 0 Å². The number of aliphatic imine (C=N–C) groups is 1. The Balaban J connectivity index is 2.08. The Morgan fingerprint density at radius 3 is 2.82 bits per heavy atom. The van der Waals surface area contributed by atoms with Gasteiger partial charge >= 0.3 is 138 Å². The minimum absolute atomic E-state index is 0.0252. The average Bonchev–Trinajstić information content (AvgIpc) is 2.93. The molecule has 1 aromatic rings. The first-order valence-electron chi connectivity index (χ1n) is 9.34. The predicted molar refractivity (Wildman–Crippen MR) is 104 cm³/mol. The molecular formula is C19H25BN4O4. The van der Waals surface area contributed by atoms with Gasteiger partial charge in [-0.05, 0) is 13.8 Å². The van der Waals surface area contributed by atoms with Crippen molar-refractivity contribution in [2.45, 2.75) is 51.6 Å². The summed E-state index contributed by atoms with van der Waals surface area (Å²) >= 11 is 0. The van der Waals surface area contributed by atoms with Gasteiger partial charge in [0, 0.05) is 0 Å². The summed E-state index contributed by atoms with van der Waals surface area (Å²) in [5.74, 6) is 0.0139. The van der Waals surface area contributed by atoms with Crippen LogP contribution >= 0.6 is 0 Å². The van der Waals surface area contributed by atoms with Crippen molar-refractivity contribution in [2.24, 2.45) is 4.99 Å². The summed E-state index contributed by atoms with van der Waals surface area (Å²) in [5, 5.41) is 0. The van der Waals surface area contributed by atoms with Crippen LogP contribution in [0, 0.1) is 6.92 Å². The predicted octanol–water partition coefficient (Wildman–Crippen LogP) is 1.45. The molecule has 0 bridgehead atoms. The topological polar surface area (TPSA) is 102 Å². The van der Waals surface area contributed by atoms with Gasteiger partial charge < -0.3 is 0 Å². The molecule has 2 heterocycles. The molecule has 0 N–H and O–H groups in total. The van der Waals surface area contributed by atoms with Gasteiger partial charge in [0.15, 0.2) is 0 Å². The van der Waals surface area contributed by atoms with E-state index in [-0.39, 0.29) is 30.3 Å². The maximum atomic E-state index is 12.4. The molecule has 148 valence electrons. The third kappa shape index (κ3) is 5.90. The molecule has 1 aromatic heterocycles. The fraction of sp³-hybridized carbons (Fsp3) is 0.526. The molecular weight excluding hydrogens is 359 g/mol. The fourth-order valence-electron chi connectivity index (χ4n) is 3.12. The number of likely N-dealkylation sites (tertiary alicyclic amines) is 1. The summed E-state index contributed by atoms with van der Waals surface area (Å²) in [5.41, 5.74) is 0.809. The van der Waals surface area contributed by atoms with Gasteiger partial charge in [0.25, 0.3) is 0 Å². The van der Waals surface area contributed by atoms with Crippen molar-refractivity contribution in [3.05, 3.63) is 35.9 Å². The van der Waals surface area contributed by atoms with Gasteiger partial charge in [0.05, 0.1) is 6.61 Å². The van der Waals surface area contributed by atoms with Gasteiger partial charge in [-0.2, -0.15) is 0 Å². The number of esters is 1. The summed E-state index contributed by atoms with van der Waals surface area (Å²) in [6.45, 7) is 6.23. The number of hydrogen-bond donors (Lipinski definition) is 0. The number of carbonyl (C=O) groups excluding carboxylic acids is 2. The average molecular weight is 384 g/mol. The summed E-state index contributed by atoms with van der Waals surface area (Å²) < 4.78 is 15.5. The van der Waals surface area contributed by atoms with Gasteiger partial charge in [0.2, 0.25) is 0 Å². The Morgan fingerprint density at radius 2 is 2.18 bits per heavy atom. The van der Waals surface area contributed by atoms with Crippen molar-refractivity contribution in [1.82, 2.24) is 14.9 Å². The van der Waals surface area contributed by atoms with Crippen LogP contribution in [0.25, 0.3) is 0 Å².